The van der Waals surface area contributed by atoms with E-state index in [0.717, 1.165) is 23.7 Å². The molecular formula is C16H22BrN5O2. The molecule has 0 aliphatic carbocycles. The third-order valence-electron chi connectivity index (χ3n) is 4.00. The molecule has 130 valence electrons. The number of piperidine rings is 1. The number of nitrogen functional groups attached to an aromatic ring is 1. The summed E-state index contributed by atoms with van der Waals surface area (Å²) in [4.78, 5) is 18.2. The van der Waals surface area contributed by atoms with Gasteiger partial charge in [-0.1, -0.05) is 0 Å². The highest BCUT2D eigenvalue weighted by Crippen LogP contribution is 2.32. The van der Waals surface area contributed by atoms with E-state index in [-0.39, 0.29) is 12.1 Å². The van der Waals surface area contributed by atoms with Gasteiger partial charge in [0.25, 0.3) is 0 Å². The topological polar surface area (TPSA) is 86.3 Å². The second kappa shape index (κ2) is 6.23. The van der Waals surface area contributed by atoms with Crippen LogP contribution in [0.2, 0.25) is 0 Å². The Balaban J connectivity index is 1.86. The molecule has 1 fully saturated rings. The van der Waals surface area contributed by atoms with Crippen molar-refractivity contribution in [2.75, 3.05) is 18.8 Å². The first-order valence-electron chi connectivity index (χ1n) is 8.02. The molecule has 1 saturated heterocycles. The zero-order valence-corrected chi connectivity index (χ0v) is 15.7. The maximum atomic E-state index is 12.3. The van der Waals surface area contributed by atoms with Gasteiger partial charge < -0.3 is 15.4 Å². The van der Waals surface area contributed by atoms with Crippen LogP contribution in [0, 0.1) is 0 Å². The number of halogens is 1. The number of fused-ring (bicyclic) bond motifs is 1. The molecule has 24 heavy (non-hydrogen) atoms. The number of anilines is 1. The van der Waals surface area contributed by atoms with Crippen LogP contribution in [0.3, 0.4) is 0 Å². The molecule has 1 amide bonds. The van der Waals surface area contributed by atoms with Gasteiger partial charge in [0, 0.05) is 19.3 Å². The molecular weight excluding hydrogens is 374 g/mol. The highest BCUT2D eigenvalue weighted by atomic mass is 79.9. The first-order chi connectivity index (χ1) is 11.3. The Morgan fingerprint density at radius 3 is 2.92 bits per heavy atom. The summed E-state index contributed by atoms with van der Waals surface area (Å²) >= 11 is 3.46. The molecule has 7 nitrogen and oxygen atoms in total. The van der Waals surface area contributed by atoms with E-state index in [0.29, 0.717) is 23.5 Å². The third kappa shape index (κ3) is 3.33. The largest absolute Gasteiger partial charge is 0.444 e. The molecule has 0 bridgehead atoms. The van der Waals surface area contributed by atoms with Crippen LogP contribution in [0.5, 0.6) is 0 Å². The van der Waals surface area contributed by atoms with Crippen molar-refractivity contribution >= 4 is 38.7 Å². The minimum atomic E-state index is -0.494. The Kier molecular flexibility index (Phi) is 4.42. The van der Waals surface area contributed by atoms with Crippen molar-refractivity contribution in [2.45, 2.75) is 45.3 Å². The van der Waals surface area contributed by atoms with E-state index in [9.17, 15) is 4.79 Å². The van der Waals surface area contributed by atoms with Crippen molar-refractivity contribution in [3.8, 4) is 0 Å². The van der Waals surface area contributed by atoms with Gasteiger partial charge in [0.2, 0.25) is 0 Å². The van der Waals surface area contributed by atoms with Gasteiger partial charge >= 0.3 is 6.09 Å². The van der Waals surface area contributed by atoms with Crippen LogP contribution in [0.25, 0.3) is 10.9 Å². The maximum Gasteiger partial charge on any atom is 0.410 e. The fourth-order valence-corrected chi connectivity index (χ4v) is 3.57. The predicted octanol–water partition coefficient (Wildman–Crippen LogP) is 3.35. The molecule has 8 heteroatoms. The fourth-order valence-electron chi connectivity index (χ4n) is 2.99. The minimum absolute atomic E-state index is 0.0851. The zero-order chi connectivity index (χ0) is 17.5. The average Bonchev–Trinajstić information content (AvgIpc) is 2.84. The molecule has 0 radical (unpaired) electrons. The van der Waals surface area contributed by atoms with Gasteiger partial charge in [-0.2, -0.15) is 5.10 Å². The summed E-state index contributed by atoms with van der Waals surface area (Å²) in [5.41, 5.74) is 6.39. The lowest BCUT2D eigenvalue weighted by Gasteiger charge is -2.34. The number of nitrogens with two attached hydrogens (primary N) is 1. The number of hydrogen-bond acceptors (Lipinski definition) is 5. The number of aromatic nitrogens is 3. The molecule has 3 heterocycles. The molecule has 1 aliphatic heterocycles. The summed E-state index contributed by atoms with van der Waals surface area (Å²) in [5, 5.41) is 5.39. The number of carbonyl (C=O) groups excluding carboxylic acids is 1. The Bertz CT molecular complexity index is 768. The molecule has 1 aliphatic rings. The van der Waals surface area contributed by atoms with Crippen LogP contribution >= 0.6 is 15.9 Å². The first-order valence-corrected chi connectivity index (χ1v) is 8.81. The van der Waals surface area contributed by atoms with Crippen LogP contribution in [0.1, 0.15) is 39.7 Å². The van der Waals surface area contributed by atoms with E-state index in [1.807, 2.05) is 31.5 Å². The standard InChI is InChI=1S/C16H22BrN5O2/c1-16(2,3)24-15(23)21-8-4-5-10(9-21)22-11-6-7-19-14(18)12(11)13(17)20-22/h6-7,10H,4-5,8-9H2,1-3H3,(H2,18,19). The van der Waals surface area contributed by atoms with Crippen LogP contribution in [-0.2, 0) is 4.74 Å². The van der Waals surface area contributed by atoms with Gasteiger partial charge in [0.1, 0.15) is 16.0 Å². The number of pyridine rings is 1. The summed E-state index contributed by atoms with van der Waals surface area (Å²) in [6.45, 7) is 6.90. The Morgan fingerprint density at radius 1 is 1.46 bits per heavy atom. The van der Waals surface area contributed by atoms with Crippen molar-refractivity contribution in [1.82, 2.24) is 19.7 Å². The van der Waals surface area contributed by atoms with Crippen molar-refractivity contribution in [2.24, 2.45) is 0 Å². The molecule has 2 N–H and O–H groups in total. The smallest absolute Gasteiger partial charge is 0.410 e. The zero-order valence-electron chi connectivity index (χ0n) is 14.1. The number of carbonyl (C=O) groups is 1. The summed E-state index contributed by atoms with van der Waals surface area (Å²) < 4.78 is 8.11. The van der Waals surface area contributed by atoms with E-state index in [4.69, 9.17) is 10.5 Å². The summed E-state index contributed by atoms with van der Waals surface area (Å²) in [5.74, 6) is 0.449. The number of amides is 1. The highest BCUT2D eigenvalue weighted by molar-refractivity contribution is 9.10. The normalized spacial score (nSPS) is 18.8. The number of ether oxygens (including phenoxy) is 1. The lowest BCUT2D eigenvalue weighted by Crippen LogP contribution is -2.43. The Morgan fingerprint density at radius 2 is 2.21 bits per heavy atom. The van der Waals surface area contributed by atoms with Gasteiger partial charge in [0.05, 0.1) is 16.9 Å². The van der Waals surface area contributed by atoms with Crippen LogP contribution < -0.4 is 5.73 Å². The maximum absolute atomic E-state index is 12.3. The molecule has 2 aromatic rings. The van der Waals surface area contributed by atoms with Crippen molar-refractivity contribution in [3.63, 3.8) is 0 Å². The molecule has 3 rings (SSSR count). The van der Waals surface area contributed by atoms with Gasteiger partial charge in [-0.05, 0) is 55.6 Å². The van der Waals surface area contributed by atoms with Crippen LogP contribution in [-0.4, -0.2) is 44.4 Å². The second-order valence-corrected chi connectivity index (χ2v) is 7.80. The van der Waals surface area contributed by atoms with E-state index >= 15 is 0 Å². The van der Waals surface area contributed by atoms with Crippen molar-refractivity contribution < 1.29 is 9.53 Å². The average molecular weight is 396 g/mol. The fraction of sp³-hybridized carbons (Fsp3) is 0.562. The van der Waals surface area contributed by atoms with Crippen molar-refractivity contribution in [1.29, 1.82) is 0 Å². The summed E-state index contributed by atoms with van der Waals surface area (Å²) in [7, 11) is 0. The quantitative estimate of drug-likeness (QED) is 0.799. The molecule has 1 unspecified atom stereocenters. The Labute approximate surface area is 149 Å². The van der Waals surface area contributed by atoms with Crippen LogP contribution in [0.4, 0.5) is 10.6 Å². The molecule has 0 spiro atoms. The van der Waals surface area contributed by atoms with Crippen molar-refractivity contribution in [3.05, 3.63) is 16.9 Å². The van der Waals surface area contributed by atoms with E-state index in [1.165, 1.54) is 0 Å². The number of nitrogens with zero attached hydrogens (tertiary/aromatic N) is 4. The minimum Gasteiger partial charge on any atom is -0.444 e. The van der Waals surface area contributed by atoms with E-state index < -0.39 is 5.60 Å². The SMILES string of the molecule is CC(C)(C)OC(=O)N1CCCC(n2nc(Br)c3c(N)nccc32)C1. The molecule has 0 aromatic carbocycles. The molecule has 1 atom stereocenters. The summed E-state index contributed by atoms with van der Waals surface area (Å²) in [6.07, 6.45) is 3.26. The number of likely N-dealkylation sites (tertiary alicyclic amines) is 1. The molecule has 2 aromatic heterocycles. The number of hydrogen-bond donors (Lipinski definition) is 1. The third-order valence-corrected chi connectivity index (χ3v) is 4.56. The predicted molar refractivity (Wildman–Crippen MR) is 95.7 cm³/mol. The monoisotopic (exact) mass is 395 g/mol. The van der Waals surface area contributed by atoms with Gasteiger partial charge in [-0.25, -0.2) is 9.78 Å². The van der Waals surface area contributed by atoms with Gasteiger partial charge in [0.15, 0.2) is 0 Å². The van der Waals surface area contributed by atoms with Gasteiger partial charge in [-0.3, -0.25) is 4.68 Å². The molecule has 0 saturated carbocycles. The van der Waals surface area contributed by atoms with E-state index in [1.54, 1.807) is 11.1 Å². The number of rotatable bonds is 1. The lowest BCUT2D eigenvalue weighted by atomic mass is 10.1. The van der Waals surface area contributed by atoms with E-state index in [2.05, 4.69) is 26.0 Å². The first kappa shape index (κ1) is 17.0. The second-order valence-electron chi connectivity index (χ2n) is 7.05. The van der Waals surface area contributed by atoms with Crippen LogP contribution in [0.15, 0.2) is 16.9 Å². The van der Waals surface area contributed by atoms with Gasteiger partial charge in [-0.15, -0.1) is 0 Å². The lowest BCUT2D eigenvalue weighted by molar-refractivity contribution is 0.0169. The highest BCUT2D eigenvalue weighted by Gasteiger charge is 2.30. The summed E-state index contributed by atoms with van der Waals surface area (Å²) in [6, 6.07) is 1.98. The Hall–Kier alpha value is -1.83.